The molecule has 2 N–H and O–H groups in total. The molecule has 1 saturated heterocycles. The van der Waals surface area contributed by atoms with Crippen LogP contribution in [-0.2, 0) is 4.79 Å². The third-order valence-corrected chi connectivity index (χ3v) is 5.49. The van der Waals surface area contributed by atoms with Gasteiger partial charge in [0, 0.05) is 12.1 Å². The van der Waals surface area contributed by atoms with E-state index >= 15 is 0 Å². The van der Waals surface area contributed by atoms with Gasteiger partial charge in [-0.3, -0.25) is 9.59 Å². The van der Waals surface area contributed by atoms with Crippen LogP contribution in [0.3, 0.4) is 0 Å². The van der Waals surface area contributed by atoms with Gasteiger partial charge in [-0.1, -0.05) is 20.8 Å². The van der Waals surface area contributed by atoms with Gasteiger partial charge in [-0.05, 0) is 81.9 Å². The molecule has 6 nitrogen and oxygen atoms in total. The summed E-state index contributed by atoms with van der Waals surface area (Å²) in [5.74, 6) is 1.20. The Hall–Kier alpha value is -2.08. The third-order valence-electron chi connectivity index (χ3n) is 5.49. The second kappa shape index (κ2) is 11.8. The number of hydrogen-bond donors (Lipinski definition) is 2. The van der Waals surface area contributed by atoms with E-state index in [2.05, 4.69) is 22.5 Å². The van der Waals surface area contributed by atoms with Crippen LogP contribution in [0.25, 0.3) is 0 Å². The van der Waals surface area contributed by atoms with Crippen molar-refractivity contribution >= 4 is 11.8 Å². The molecule has 1 aromatic carbocycles. The first kappa shape index (κ1) is 23.2. The Morgan fingerprint density at radius 3 is 2.41 bits per heavy atom. The molecule has 0 bridgehead atoms. The van der Waals surface area contributed by atoms with Crippen molar-refractivity contribution in [2.45, 2.75) is 53.0 Å². The summed E-state index contributed by atoms with van der Waals surface area (Å²) in [6.45, 7) is 12.6. The van der Waals surface area contributed by atoms with Gasteiger partial charge in [0.2, 0.25) is 5.91 Å². The molecule has 0 aromatic heterocycles. The molecule has 162 valence electrons. The zero-order chi connectivity index (χ0) is 21.2. The summed E-state index contributed by atoms with van der Waals surface area (Å²) < 4.78 is 5.40. The van der Waals surface area contributed by atoms with E-state index in [4.69, 9.17) is 4.74 Å². The summed E-state index contributed by atoms with van der Waals surface area (Å²) in [7, 11) is 0. The lowest BCUT2D eigenvalue weighted by molar-refractivity contribution is -0.123. The van der Waals surface area contributed by atoms with Gasteiger partial charge in [0.15, 0.2) is 0 Å². The van der Waals surface area contributed by atoms with Crippen molar-refractivity contribution in [2.75, 3.05) is 32.8 Å². The minimum Gasteiger partial charge on any atom is -0.494 e. The average Bonchev–Trinajstić information content (AvgIpc) is 2.71. The second-order valence-corrected chi connectivity index (χ2v) is 8.32. The number of nitrogens with one attached hydrogen (secondary N) is 2. The van der Waals surface area contributed by atoms with E-state index in [9.17, 15) is 9.59 Å². The molecule has 6 heteroatoms. The summed E-state index contributed by atoms with van der Waals surface area (Å²) in [5.41, 5.74) is 0.520. The Morgan fingerprint density at radius 1 is 1.17 bits per heavy atom. The molecular weight excluding hydrogens is 366 g/mol. The average molecular weight is 404 g/mol. The Kier molecular flexibility index (Phi) is 9.45. The number of rotatable bonds is 10. The molecule has 0 aliphatic carbocycles. The van der Waals surface area contributed by atoms with Crippen LogP contribution in [0.1, 0.15) is 57.3 Å². The first-order valence-electron chi connectivity index (χ1n) is 10.9. The summed E-state index contributed by atoms with van der Waals surface area (Å²) in [6, 6.07) is 6.42. The van der Waals surface area contributed by atoms with Crippen LogP contribution >= 0.6 is 0 Å². The second-order valence-electron chi connectivity index (χ2n) is 8.32. The lowest BCUT2D eigenvalue weighted by Crippen LogP contribution is -2.50. The topological polar surface area (TPSA) is 70.7 Å². The normalized spacial score (nSPS) is 16.4. The first-order valence-corrected chi connectivity index (χ1v) is 10.9. The molecular formula is C23H37N3O3. The number of likely N-dealkylation sites (tertiary alicyclic amines) is 1. The van der Waals surface area contributed by atoms with Gasteiger partial charge in [0.05, 0.1) is 6.61 Å². The SMILES string of the molecule is CCOc1ccc(C(=O)NC(C(=O)NCCCN2CCC(C)CC2)C(C)C)cc1. The van der Waals surface area contributed by atoms with E-state index in [1.165, 1.54) is 12.8 Å². The van der Waals surface area contributed by atoms with Gasteiger partial charge in [-0.25, -0.2) is 0 Å². The van der Waals surface area contributed by atoms with Gasteiger partial charge in [0.25, 0.3) is 5.91 Å². The minimum atomic E-state index is -0.551. The highest BCUT2D eigenvalue weighted by Crippen LogP contribution is 2.16. The van der Waals surface area contributed by atoms with Crippen LogP contribution in [-0.4, -0.2) is 55.5 Å². The Bertz CT molecular complexity index is 637. The maximum Gasteiger partial charge on any atom is 0.251 e. The van der Waals surface area contributed by atoms with Crippen LogP contribution in [0.4, 0.5) is 0 Å². The largest absolute Gasteiger partial charge is 0.494 e. The highest BCUT2D eigenvalue weighted by molar-refractivity contribution is 5.97. The van der Waals surface area contributed by atoms with E-state index in [-0.39, 0.29) is 17.7 Å². The molecule has 1 aromatic rings. The standard InChI is InChI=1S/C23H37N3O3/c1-5-29-20-9-7-19(8-10-20)22(27)25-21(17(2)3)23(28)24-13-6-14-26-15-11-18(4)12-16-26/h7-10,17-18,21H,5-6,11-16H2,1-4H3,(H,24,28)(H,25,27). The number of carbonyl (C=O) groups excluding carboxylic acids is 2. The number of amides is 2. The van der Waals surface area contributed by atoms with Crippen LogP contribution in [0.15, 0.2) is 24.3 Å². The predicted molar refractivity (Wildman–Crippen MR) is 116 cm³/mol. The van der Waals surface area contributed by atoms with Crippen LogP contribution in [0.5, 0.6) is 5.75 Å². The zero-order valence-corrected chi connectivity index (χ0v) is 18.4. The van der Waals surface area contributed by atoms with Crippen molar-refractivity contribution < 1.29 is 14.3 Å². The molecule has 1 fully saturated rings. The van der Waals surface area contributed by atoms with E-state index in [1.54, 1.807) is 24.3 Å². The smallest absolute Gasteiger partial charge is 0.251 e. The van der Waals surface area contributed by atoms with Gasteiger partial charge in [0.1, 0.15) is 11.8 Å². The van der Waals surface area contributed by atoms with Gasteiger partial charge < -0.3 is 20.3 Å². The fraction of sp³-hybridized carbons (Fsp3) is 0.652. The molecule has 1 unspecified atom stereocenters. The van der Waals surface area contributed by atoms with Crippen molar-refractivity contribution in [3.8, 4) is 5.75 Å². The van der Waals surface area contributed by atoms with Gasteiger partial charge >= 0.3 is 0 Å². The maximum absolute atomic E-state index is 12.6. The fourth-order valence-corrected chi connectivity index (χ4v) is 3.54. The van der Waals surface area contributed by atoms with E-state index in [0.29, 0.717) is 18.7 Å². The maximum atomic E-state index is 12.6. The van der Waals surface area contributed by atoms with Gasteiger partial charge in [-0.2, -0.15) is 0 Å². The summed E-state index contributed by atoms with van der Waals surface area (Å²) >= 11 is 0. The predicted octanol–water partition coefficient (Wildman–Crippen LogP) is 3.08. The van der Waals surface area contributed by atoms with Crippen LogP contribution in [0, 0.1) is 11.8 Å². The van der Waals surface area contributed by atoms with Crippen molar-refractivity contribution in [3.63, 3.8) is 0 Å². The number of hydrogen-bond acceptors (Lipinski definition) is 4. The molecule has 1 heterocycles. The first-order chi connectivity index (χ1) is 13.9. The Morgan fingerprint density at radius 2 is 1.83 bits per heavy atom. The molecule has 0 radical (unpaired) electrons. The molecule has 0 saturated carbocycles. The number of ether oxygens (including phenoxy) is 1. The highest BCUT2D eigenvalue weighted by Gasteiger charge is 2.24. The fourth-order valence-electron chi connectivity index (χ4n) is 3.54. The summed E-state index contributed by atoms with van der Waals surface area (Å²) in [6.07, 6.45) is 3.45. The third kappa shape index (κ3) is 7.69. The van der Waals surface area contributed by atoms with Gasteiger partial charge in [-0.15, -0.1) is 0 Å². The minimum absolute atomic E-state index is 0.00484. The Labute approximate surface area is 175 Å². The van der Waals surface area contributed by atoms with Crippen molar-refractivity contribution in [1.82, 2.24) is 15.5 Å². The molecule has 1 atom stereocenters. The molecule has 1 aliphatic rings. The summed E-state index contributed by atoms with van der Waals surface area (Å²) in [4.78, 5) is 27.7. The highest BCUT2D eigenvalue weighted by atomic mass is 16.5. The van der Waals surface area contributed by atoms with Crippen molar-refractivity contribution in [2.24, 2.45) is 11.8 Å². The van der Waals surface area contributed by atoms with Crippen LogP contribution < -0.4 is 15.4 Å². The number of nitrogens with zero attached hydrogens (tertiary/aromatic N) is 1. The molecule has 29 heavy (non-hydrogen) atoms. The molecule has 2 rings (SSSR count). The molecule has 0 spiro atoms. The van der Waals surface area contributed by atoms with E-state index in [0.717, 1.165) is 37.7 Å². The number of piperidine rings is 1. The van der Waals surface area contributed by atoms with Crippen LogP contribution in [0.2, 0.25) is 0 Å². The molecule has 2 amide bonds. The monoisotopic (exact) mass is 403 g/mol. The lowest BCUT2D eigenvalue weighted by Gasteiger charge is -2.30. The van der Waals surface area contributed by atoms with E-state index in [1.807, 2.05) is 20.8 Å². The van der Waals surface area contributed by atoms with Crippen molar-refractivity contribution in [1.29, 1.82) is 0 Å². The summed E-state index contributed by atoms with van der Waals surface area (Å²) in [5, 5.41) is 5.87. The zero-order valence-electron chi connectivity index (χ0n) is 18.4. The quantitative estimate of drug-likeness (QED) is 0.589. The number of carbonyl (C=O) groups is 2. The lowest BCUT2D eigenvalue weighted by atomic mass is 9.99. The Balaban J connectivity index is 1.78. The molecule has 1 aliphatic heterocycles. The van der Waals surface area contributed by atoms with Crippen molar-refractivity contribution in [3.05, 3.63) is 29.8 Å². The van der Waals surface area contributed by atoms with E-state index < -0.39 is 6.04 Å². The number of benzene rings is 1.